The van der Waals surface area contributed by atoms with E-state index in [0.29, 0.717) is 138 Å². The fourth-order valence-corrected chi connectivity index (χ4v) is 17.4. The lowest BCUT2D eigenvalue weighted by Crippen LogP contribution is -2.32. The molecule has 4 aromatic heterocycles. The van der Waals surface area contributed by atoms with Gasteiger partial charge >= 0.3 is 5.97 Å². The van der Waals surface area contributed by atoms with Crippen molar-refractivity contribution in [2.24, 2.45) is 34.8 Å². The Hall–Kier alpha value is -15.6. The minimum Gasteiger partial charge on any atom is -0.466 e. The third-order valence-electron chi connectivity index (χ3n) is 24.5. The first-order chi connectivity index (χ1) is 65.4. The fraction of sp³-hybridized carbons (Fsp3) is 0.272. The Morgan fingerprint density at radius 1 is 0.412 bits per heavy atom. The van der Waals surface area contributed by atoms with Gasteiger partial charge in [0.15, 0.2) is 0 Å². The fourth-order valence-electron chi connectivity index (χ4n) is 17.1. The van der Waals surface area contributed by atoms with Gasteiger partial charge in [0.25, 0.3) is 47.3 Å². The largest absolute Gasteiger partial charge is 0.466 e. The van der Waals surface area contributed by atoms with E-state index in [0.717, 1.165) is 101 Å². The maximum absolute atomic E-state index is 13.6. The molecule has 2 aliphatic carbocycles. The summed E-state index contributed by atoms with van der Waals surface area (Å²) in [5.41, 5.74) is 63.4. The first kappa shape index (κ1) is 97.9. The van der Waals surface area contributed by atoms with Crippen molar-refractivity contribution >= 4 is 88.1 Å². The SMILES string of the molecule is CCOC(=O)C1CCC(n2nc(-c3ccc(CNC(=O)c4ccccc4C)cc3)c(C(N)=O)c2N)CC1.Cc1ccccc1C(=O)NCc1ccc(-c2nn(C3CCC(Cl)C3)c(N)c2C(N)=O)cc1.Cc1ccccc1C(=O)NCc1ccc(-c2nn(CC3CCCNC3)c(N)c2C(N)=O)cc1.Cc1ccccc1C(=O)NCc1ccc(-c2nn(Cc3cccc(F)c3)c(N)c2C(N)=O)cc1. The van der Waals surface area contributed by atoms with Gasteiger partial charge in [-0.1, -0.05) is 182 Å². The van der Waals surface area contributed by atoms with Gasteiger partial charge in [0, 0.05) is 82.6 Å². The van der Waals surface area contributed by atoms with Crippen molar-refractivity contribution in [3.63, 3.8) is 0 Å². The Morgan fingerprint density at radius 2 is 0.757 bits per heavy atom. The van der Waals surface area contributed by atoms with E-state index in [2.05, 4.69) is 47.0 Å². The number of nitrogens with one attached hydrogen (secondary N) is 5. The number of carbonyl (C=O) groups is 9. The van der Waals surface area contributed by atoms with Crippen molar-refractivity contribution in [3.8, 4) is 45.0 Å². The third kappa shape index (κ3) is 24.1. The van der Waals surface area contributed by atoms with Gasteiger partial charge in [-0.25, -0.2) is 23.1 Å². The molecule has 3 unspecified atom stereocenters. The second-order valence-corrected chi connectivity index (χ2v) is 34.7. The number of carbonyl (C=O) groups excluding carboxylic acids is 9. The van der Waals surface area contributed by atoms with Crippen molar-refractivity contribution < 1.29 is 52.3 Å². The molecule has 704 valence electrons. The van der Waals surface area contributed by atoms with E-state index in [1.165, 1.54) is 16.8 Å². The second-order valence-electron chi connectivity index (χ2n) is 34.1. The number of ether oxygens (including phenoxy) is 1. The molecule has 1 aliphatic heterocycles. The summed E-state index contributed by atoms with van der Waals surface area (Å²) in [6, 6.07) is 65.5. The van der Waals surface area contributed by atoms with Gasteiger partial charge in [-0.05, 0) is 198 Å². The number of rotatable bonds is 28. The molecule has 0 spiro atoms. The van der Waals surface area contributed by atoms with Gasteiger partial charge in [0.1, 0.15) is 74.1 Å². The minimum absolute atomic E-state index is 0.0338. The predicted molar refractivity (Wildman–Crippen MR) is 523 cm³/mol. The monoisotopic (exact) mass is 1860 g/mol. The molecule has 1 saturated heterocycles. The lowest BCUT2D eigenvalue weighted by molar-refractivity contribution is -0.149. The Balaban J connectivity index is 0.000000154. The summed E-state index contributed by atoms with van der Waals surface area (Å²) in [7, 11) is 0. The van der Waals surface area contributed by atoms with Crippen molar-refractivity contribution in [2.75, 3.05) is 42.6 Å². The van der Waals surface area contributed by atoms with Crippen LogP contribution in [0.2, 0.25) is 0 Å². The molecule has 13 aromatic rings. The van der Waals surface area contributed by atoms with Crippen LogP contribution in [0.15, 0.2) is 218 Å². The molecule has 33 heteroatoms. The molecule has 21 N–H and O–H groups in total. The van der Waals surface area contributed by atoms with Crippen LogP contribution in [-0.2, 0) is 48.8 Å². The number of amides is 8. The Morgan fingerprint density at radius 3 is 1.10 bits per heavy atom. The second kappa shape index (κ2) is 45.2. The molecule has 16 rings (SSSR count). The first-order valence-electron chi connectivity index (χ1n) is 45.1. The van der Waals surface area contributed by atoms with Crippen LogP contribution < -0.4 is 72.5 Å². The average molecular weight is 1860 g/mol. The quantitative estimate of drug-likeness (QED) is 0.0160. The minimum atomic E-state index is -0.701. The first-order valence-corrected chi connectivity index (χ1v) is 45.5. The van der Waals surface area contributed by atoms with Crippen molar-refractivity contribution in [2.45, 2.75) is 149 Å². The van der Waals surface area contributed by atoms with E-state index in [-0.39, 0.29) is 105 Å². The standard InChI is InChI=1S/C28H33N5O4.C26H24FN5O2.C25H30N6O2.C24H26ClN5O2/c1-3-37-28(36)20-12-14-21(15-13-20)33-25(29)23(26(30)34)24(32-33)19-10-8-18(9-11-19)16-31-27(35)22-7-5-4-6-17(22)2;1-16-5-2-3-8-21(16)26(34)30-14-17-9-11-19(12-10-17)23-22(25(29)33)24(28)32(31-23)15-18-6-4-7-20(27)13-18;1-16-5-2-3-7-20(16)25(33)29-14-17-8-10-19(11-9-17)22-21(24(27)32)23(26)31(30-22)15-18-6-4-12-28-13-18;1-14-4-2-3-5-19(14)24(32)28-13-15-6-8-16(9-7-15)21-20(23(27)31)22(26)30(29-21)18-11-10-17(25)12-18/h4-11,20-21H,3,12-16,29H2,1-2H3,(H2,30,34)(H,31,35);2-13H,14-15,28H2,1H3,(H2,29,33)(H,30,34);2-3,5,7-11,18,28H,4,6,12-15,26H2,1H3,(H2,27,32)(H,29,33);2-9,17-18H,10-13,26H2,1H3,(H2,27,31)(H,28,32). The van der Waals surface area contributed by atoms with Gasteiger partial charge in [0.2, 0.25) is 0 Å². The van der Waals surface area contributed by atoms with Crippen LogP contribution in [0.1, 0.15) is 210 Å². The number of hydrogen-bond donors (Lipinski definition) is 13. The van der Waals surface area contributed by atoms with Crippen LogP contribution in [0.4, 0.5) is 27.7 Å². The number of alkyl halides is 1. The number of halogens is 2. The van der Waals surface area contributed by atoms with Crippen LogP contribution in [0.25, 0.3) is 45.0 Å². The van der Waals surface area contributed by atoms with E-state index in [1.54, 1.807) is 63.4 Å². The predicted octanol–water partition coefficient (Wildman–Crippen LogP) is 13.7. The number of anilines is 4. The summed E-state index contributed by atoms with van der Waals surface area (Å²) in [4.78, 5) is 111. The summed E-state index contributed by atoms with van der Waals surface area (Å²) in [5.74, 6) is -2.40. The number of nitrogen functional groups attached to an aromatic ring is 4. The van der Waals surface area contributed by atoms with Crippen molar-refractivity contribution in [1.29, 1.82) is 0 Å². The van der Waals surface area contributed by atoms with Crippen LogP contribution >= 0.6 is 11.6 Å². The highest BCUT2D eigenvalue weighted by Crippen LogP contribution is 2.41. The van der Waals surface area contributed by atoms with Gasteiger partial charge < -0.3 is 77.2 Å². The maximum Gasteiger partial charge on any atom is 0.308 e. The molecule has 0 bridgehead atoms. The molecule has 31 nitrogen and oxygen atoms in total. The third-order valence-corrected chi connectivity index (χ3v) is 24.9. The van der Waals surface area contributed by atoms with Gasteiger partial charge in [0.05, 0.1) is 31.2 Å². The van der Waals surface area contributed by atoms with E-state index < -0.39 is 23.6 Å². The van der Waals surface area contributed by atoms with Crippen LogP contribution in [0, 0.1) is 45.3 Å². The highest BCUT2D eigenvalue weighted by atomic mass is 35.5. The zero-order chi connectivity index (χ0) is 97.0. The smallest absolute Gasteiger partial charge is 0.308 e. The Bertz CT molecular complexity index is 6510. The molecule has 8 amide bonds. The number of esters is 1. The number of primary amides is 4. The summed E-state index contributed by atoms with van der Waals surface area (Å²) in [6.45, 7) is 14.0. The molecular weight excluding hydrogens is 1750 g/mol. The molecule has 2 saturated carbocycles. The normalized spacial score (nSPS) is 15.4. The lowest BCUT2D eigenvalue weighted by Gasteiger charge is -2.28. The van der Waals surface area contributed by atoms with Gasteiger partial charge in [-0.3, -0.25) is 43.2 Å². The number of aryl methyl sites for hydroxylation is 4. The highest BCUT2D eigenvalue weighted by molar-refractivity contribution is 6.20. The summed E-state index contributed by atoms with van der Waals surface area (Å²) < 4.78 is 25.2. The molecule has 3 aliphatic rings. The molecule has 0 radical (unpaired) electrons. The maximum atomic E-state index is 13.6. The Kier molecular flexibility index (Phi) is 32.6. The summed E-state index contributed by atoms with van der Waals surface area (Å²) in [5, 5.41) is 33.6. The number of nitrogens with two attached hydrogens (primary N) is 8. The van der Waals surface area contributed by atoms with Crippen LogP contribution in [0.3, 0.4) is 0 Å². The van der Waals surface area contributed by atoms with Crippen molar-refractivity contribution in [3.05, 3.63) is 319 Å². The van der Waals surface area contributed by atoms with Crippen molar-refractivity contribution in [1.82, 2.24) is 65.7 Å². The molecule has 3 atom stereocenters. The number of benzene rings is 9. The molecule has 3 fully saturated rings. The molecule has 5 heterocycles. The van der Waals surface area contributed by atoms with E-state index >= 15 is 0 Å². The van der Waals surface area contributed by atoms with Crippen LogP contribution in [-0.4, -0.2) is 117 Å². The zero-order valence-corrected chi connectivity index (χ0v) is 77.2. The molecular formula is C103H113ClFN21O10. The number of nitrogens with zero attached hydrogens (tertiary/aromatic N) is 8. The number of piperidine rings is 1. The Labute approximate surface area is 792 Å². The van der Waals surface area contributed by atoms with Gasteiger partial charge in [-0.15, -0.1) is 11.6 Å². The lowest BCUT2D eigenvalue weighted by atomic mass is 9.86. The molecule has 9 aromatic carbocycles. The highest BCUT2D eigenvalue weighted by Gasteiger charge is 2.35. The summed E-state index contributed by atoms with van der Waals surface area (Å²) >= 11 is 6.25. The van der Waals surface area contributed by atoms with Gasteiger partial charge in [-0.2, -0.15) is 20.4 Å². The molecule has 136 heavy (non-hydrogen) atoms. The van der Waals surface area contributed by atoms with E-state index in [4.69, 9.17) is 62.2 Å². The topological polar surface area (TPSA) is 502 Å². The van der Waals surface area contributed by atoms with E-state index in [9.17, 15) is 47.5 Å². The van der Waals surface area contributed by atoms with Crippen LogP contribution in [0.5, 0.6) is 0 Å². The summed E-state index contributed by atoms with van der Waals surface area (Å²) in [6.07, 6.45) is 7.45. The average Bonchev–Trinajstić information content (AvgIpc) is 1.63. The number of hydrogen-bond acceptors (Lipinski definition) is 19. The van der Waals surface area contributed by atoms with E-state index in [1.807, 2.05) is 191 Å². The number of aromatic nitrogens is 8. The zero-order valence-electron chi connectivity index (χ0n) is 76.4.